The van der Waals surface area contributed by atoms with Gasteiger partial charge >= 0.3 is 0 Å². The first-order chi connectivity index (χ1) is 12.7. The summed E-state index contributed by atoms with van der Waals surface area (Å²) in [7, 11) is -3.48. The third kappa shape index (κ3) is 4.68. The molecule has 1 amide bonds. The molecular formula is C19H30N4O3S. The number of nitrogens with two attached hydrogens (primary N) is 1. The van der Waals surface area contributed by atoms with Crippen LogP contribution in [0.3, 0.4) is 0 Å². The number of nitrogens with one attached hydrogen (secondary N) is 1. The molecule has 2 fully saturated rings. The molecule has 0 spiro atoms. The zero-order valence-corrected chi connectivity index (χ0v) is 17.0. The first kappa shape index (κ1) is 20.3. The van der Waals surface area contributed by atoms with Crippen LogP contribution in [0.1, 0.15) is 25.3 Å². The van der Waals surface area contributed by atoms with Gasteiger partial charge in [0.25, 0.3) is 0 Å². The summed E-state index contributed by atoms with van der Waals surface area (Å²) >= 11 is 0. The molecule has 1 aromatic carbocycles. The third-order valence-corrected chi connectivity index (χ3v) is 7.60. The Labute approximate surface area is 161 Å². The van der Waals surface area contributed by atoms with Crippen molar-refractivity contribution < 1.29 is 13.2 Å². The smallest absolute Gasteiger partial charge is 0.243 e. The van der Waals surface area contributed by atoms with E-state index in [1.165, 1.54) is 4.31 Å². The maximum absolute atomic E-state index is 12.8. The van der Waals surface area contributed by atoms with E-state index in [0.29, 0.717) is 43.5 Å². The number of hydrogen-bond acceptors (Lipinski definition) is 5. The maximum atomic E-state index is 12.8. The van der Waals surface area contributed by atoms with E-state index in [2.05, 4.69) is 5.32 Å². The number of amides is 1. The van der Waals surface area contributed by atoms with Crippen LogP contribution in [-0.4, -0.2) is 68.3 Å². The number of piperazine rings is 1. The van der Waals surface area contributed by atoms with Gasteiger partial charge in [-0.3, -0.25) is 9.69 Å². The molecule has 1 aliphatic heterocycles. The van der Waals surface area contributed by atoms with Gasteiger partial charge in [0.15, 0.2) is 0 Å². The van der Waals surface area contributed by atoms with E-state index < -0.39 is 10.0 Å². The Bertz CT molecular complexity index is 769. The van der Waals surface area contributed by atoms with Gasteiger partial charge in [0.2, 0.25) is 15.9 Å². The van der Waals surface area contributed by atoms with Crippen LogP contribution < -0.4 is 11.1 Å². The summed E-state index contributed by atoms with van der Waals surface area (Å²) in [6.45, 7) is 6.52. The lowest BCUT2D eigenvalue weighted by Gasteiger charge is -2.35. The minimum absolute atomic E-state index is 0.0373. The van der Waals surface area contributed by atoms with Gasteiger partial charge in [-0.15, -0.1) is 0 Å². The number of carbonyl (C=O) groups excluding carboxylic acids is 1. The molecule has 2 aliphatic rings. The van der Waals surface area contributed by atoms with Crippen LogP contribution in [0, 0.1) is 12.8 Å². The lowest BCUT2D eigenvalue weighted by molar-refractivity contribution is -0.124. The average molecular weight is 395 g/mol. The Morgan fingerprint density at radius 1 is 1.19 bits per heavy atom. The van der Waals surface area contributed by atoms with Gasteiger partial charge in [-0.2, -0.15) is 4.31 Å². The van der Waals surface area contributed by atoms with Crippen molar-refractivity contribution in [3.05, 3.63) is 29.8 Å². The van der Waals surface area contributed by atoms with E-state index in [0.717, 1.165) is 18.4 Å². The summed E-state index contributed by atoms with van der Waals surface area (Å²) in [5.41, 5.74) is 6.56. The van der Waals surface area contributed by atoms with Crippen molar-refractivity contribution in [3.63, 3.8) is 0 Å². The minimum Gasteiger partial charge on any atom is -0.348 e. The molecule has 0 bridgehead atoms. The number of aryl methyl sites for hydroxylation is 1. The van der Waals surface area contributed by atoms with E-state index in [1.807, 2.05) is 30.9 Å². The van der Waals surface area contributed by atoms with Crippen molar-refractivity contribution in [1.82, 2.24) is 14.5 Å². The molecule has 1 aromatic rings. The lowest BCUT2D eigenvalue weighted by Crippen LogP contribution is -2.57. The number of sulfonamides is 1. The Morgan fingerprint density at radius 2 is 1.78 bits per heavy atom. The van der Waals surface area contributed by atoms with Crippen molar-refractivity contribution in [2.24, 2.45) is 11.7 Å². The fourth-order valence-electron chi connectivity index (χ4n) is 3.59. The predicted molar refractivity (Wildman–Crippen MR) is 105 cm³/mol. The second-order valence-corrected chi connectivity index (χ2v) is 9.88. The molecule has 1 saturated heterocycles. The van der Waals surface area contributed by atoms with Gasteiger partial charge in [0.05, 0.1) is 17.0 Å². The van der Waals surface area contributed by atoms with Crippen molar-refractivity contribution in [2.45, 2.75) is 37.1 Å². The molecule has 1 aliphatic carbocycles. The molecule has 8 heteroatoms. The first-order valence-electron chi connectivity index (χ1n) is 9.55. The zero-order valence-electron chi connectivity index (χ0n) is 16.1. The SMILES string of the molecule is Cc1ccc(S(=O)(=O)N2CCN(CC(=O)NC(C)(CN)C3CC3)CC2)cc1. The quantitative estimate of drug-likeness (QED) is 0.704. The largest absolute Gasteiger partial charge is 0.348 e. The first-order valence-corrected chi connectivity index (χ1v) is 11.0. The molecule has 0 aromatic heterocycles. The molecule has 150 valence electrons. The van der Waals surface area contributed by atoms with Crippen LogP contribution in [0.25, 0.3) is 0 Å². The number of nitrogens with zero attached hydrogens (tertiary/aromatic N) is 2. The Balaban J connectivity index is 1.52. The van der Waals surface area contributed by atoms with Crippen molar-refractivity contribution in [2.75, 3.05) is 39.3 Å². The summed E-state index contributed by atoms with van der Waals surface area (Å²) < 4.78 is 27.0. The van der Waals surface area contributed by atoms with E-state index in [1.54, 1.807) is 12.1 Å². The summed E-state index contributed by atoms with van der Waals surface area (Å²) in [6, 6.07) is 6.91. The molecule has 0 radical (unpaired) electrons. The highest BCUT2D eigenvalue weighted by molar-refractivity contribution is 7.89. The Kier molecular flexibility index (Phi) is 5.90. The fourth-order valence-corrected chi connectivity index (χ4v) is 5.01. The molecule has 1 saturated carbocycles. The summed E-state index contributed by atoms with van der Waals surface area (Å²) in [4.78, 5) is 14.7. The molecule has 1 unspecified atom stereocenters. The normalized spacial score (nSPS) is 21.6. The highest BCUT2D eigenvalue weighted by atomic mass is 32.2. The Hall–Kier alpha value is -1.48. The highest BCUT2D eigenvalue weighted by Gasteiger charge is 2.41. The van der Waals surface area contributed by atoms with E-state index in [9.17, 15) is 13.2 Å². The van der Waals surface area contributed by atoms with E-state index in [4.69, 9.17) is 5.73 Å². The fraction of sp³-hybridized carbons (Fsp3) is 0.632. The van der Waals surface area contributed by atoms with Gasteiger partial charge < -0.3 is 11.1 Å². The maximum Gasteiger partial charge on any atom is 0.243 e. The molecule has 27 heavy (non-hydrogen) atoms. The van der Waals surface area contributed by atoms with Gasteiger partial charge in [0.1, 0.15) is 0 Å². The molecule has 1 heterocycles. The van der Waals surface area contributed by atoms with Crippen LogP contribution >= 0.6 is 0 Å². The average Bonchev–Trinajstić information content (AvgIpc) is 3.48. The Morgan fingerprint density at radius 3 is 2.30 bits per heavy atom. The molecule has 3 rings (SSSR count). The second kappa shape index (κ2) is 7.87. The lowest BCUT2D eigenvalue weighted by atomic mass is 9.96. The molecule has 7 nitrogen and oxygen atoms in total. The van der Waals surface area contributed by atoms with Gasteiger partial charge in [-0.25, -0.2) is 8.42 Å². The standard InChI is InChI=1S/C19H30N4O3S/c1-15-3-7-17(8-4-15)27(25,26)23-11-9-22(10-12-23)13-18(24)21-19(2,14-20)16-5-6-16/h3-4,7-8,16H,5-6,9-14,20H2,1-2H3,(H,21,24). The van der Waals surface area contributed by atoms with Crippen LogP contribution in [0.5, 0.6) is 0 Å². The van der Waals surface area contributed by atoms with Gasteiger partial charge in [-0.05, 0) is 44.7 Å². The van der Waals surface area contributed by atoms with Crippen molar-refractivity contribution in [3.8, 4) is 0 Å². The summed E-state index contributed by atoms with van der Waals surface area (Å²) in [5.74, 6) is 0.438. The second-order valence-electron chi connectivity index (χ2n) is 7.94. The molecular weight excluding hydrogens is 364 g/mol. The topological polar surface area (TPSA) is 95.7 Å². The third-order valence-electron chi connectivity index (χ3n) is 5.68. The van der Waals surface area contributed by atoms with Crippen LogP contribution in [-0.2, 0) is 14.8 Å². The minimum atomic E-state index is -3.48. The number of rotatable bonds is 7. The van der Waals surface area contributed by atoms with E-state index in [-0.39, 0.29) is 18.0 Å². The summed E-state index contributed by atoms with van der Waals surface area (Å²) in [6.07, 6.45) is 2.23. The van der Waals surface area contributed by atoms with Gasteiger partial charge in [-0.1, -0.05) is 17.7 Å². The van der Waals surface area contributed by atoms with Crippen molar-refractivity contribution >= 4 is 15.9 Å². The molecule has 3 N–H and O–H groups in total. The van der Waals surface area contributed by atoms with Crippen LogP contribution in [0.2, 0.25) is 0 Å². The van der Waals surface area contributed by atoms with Gasteiger partial charge in [0, 0.05) is 32.7 Å². The number of carbonyl (C=O) groups is 1. The van der Waals surface area contributed by atoms with Crippen LogP contribution in [0.4, 0.5) is 0 Å². The number of benzene rings is 1. The van der Waals surface area contributed by atoms with E-state index >= 15 is 0 Å². The monoisotopic (exact) mass is 394 g/mol. The zero-order chi connectivity index (χ0) is 19.7. The molecule has 1 atom stereocenters. The number of hydrogen-bond donors (Lipinski definition) is 2. The highest BCUT2D eigenvalue weighted by Crippen LogP contribution is 2.38. The van der Waals surface area contributed by atoms with Crippen LogP contribution in [0.15, 0.2) is 29.2 Å². The summed E-state index contributed by atoms with van der Waals surface area (Å²) in [5, 5.41) is 3.09. The predicted octanol–water partition coefficient (Wildman–Crippen LogP) is 0.545. The van der Waals surface area contributed by atoms with Crippen molar-refractivity contribution in [1.29, 1.82) is 0 Å².